The zero-order valence-electron chi connectivity index (χ0n) is 10.6. The Balaban J connectivity index is 2.13. The minimum atomic E-state index is 0.410. The minimum Gasteiger partial charge on any atom is -0.0720 e. The normalized spacial score (nSPS) is 16.9. The van der Waals surface area contributed by atoms with Crippen LogP contribution in [0.4, 0.5) is 0 Å². The zero-order chi connectivity index (χ0) is 12.7. The summed E-state index contributed by atoms with van der Waals surface area (Å²) in [4.78, 5) is 0. The number of hydrogen-bond donors (Lipinski definition) is 0. The third-order valence-corrected chi connectivity index (χ3v) is 4.55. The Labute approximate surface area is 116 Å². The van der Waals surface area contributed by atoms with Crippen molar-refractivity contribution in [1.29, 1.82) is 0 Å². The van der Waals surface area contributed by atoms with E-state index in [-0.39, 0.29) is 0 Å². The van der Waals surface area contributed by atoms with Crippen LogP contribution in [0.2, 0.25) is 0 Å². The molecule has 0 nitrogen and oxygen atoms in total. The smallest absolute Gasteiger partial charge is 0.0281 e. The summed E-state index contributed by atoms with van der Waals surface area (Å²) in [6.45, 7) is 4.34. The van der Waals surface area contributed by atoms with Crippen LogP contribution in [0.1, 0.15) is 33.7 Å². The van der Waals surface area contributed by atoms with Crippen molar-refractivity contribution in [2.75, 3.05) is 0 Å². The van der Waals surface area contributed by atoms with Crippen LogP contribution in [0.5, 0.6) is 0 Å². The summed E-state index contributed by atoms with van der Waals surface area (Å²) in [6, 6.07) is 13.2. The standard InChI is InChI=1S/C17H15Br/c1-11-5-3-4-6-14(11)15-8-7-13-10-17(18)12(2)9-16(13)15/h3-10,15H,1-2H3. The van der Waals surface area contributed by atoms with E-state index in [1.54, 1.807) is 0 Å². The first-order chi connectivity index (χ1) is 8.66. The number of benzene rings is 2. The van der Waals surface area contributed by atoms with Gasteiger partial charge in [-0.05, 0) is 47.7 Å². The Kier molecular flexibility index (Phi) is 2.87. The van der Waals surface area contributed by atoms with Gasteiger partial charge in [-0.15, -0.1) is 0 Å². The van der Waals surface area contributed by atoms with Crippen LogP contribution < -0.4 is 0 Å². The first-order valence-electron chi connectivity index (χ1n) is 6.20. The SMILES string of the molecule is Cc1cc2c(cc1Br)C=CC2c1ccccc1C. The monoisotopic (exact) mass is 298 g/mol. The molecule has 1 heteroatoms. The average Bonchev–Trinajstić information content (AvgIpc) is 2.73. The molecular weight excluding hydrogens is 284 g/mol. The van der Waals surface area contributed by atoms with Crippen LogP contribution in [0.15, 0.2) is 46.9 Å². The number of aryl methyl sites for hydroxylation is 2. The van der Waals surface area contributed by atoms with Crippen molar-refractivity contribution in [3.63, 3.8) is 0 Å². The maximum Gasteiger partial charge on any atom is 0.0281 e. The Morgan fingerprint density at radius 1 is 0.944 bits per heavy atom. The average molecular weight is 299 g/mol. The predicted octanol–water partition coefficient (Wildman–Crippen LogP) is 5.22. The van der Waals surface area contributed by atoms with Gasteiger partial charge in [0.05, 0.1) is 0 Å². The molecule has 0 saturated carbocycles. The molecule has 0 bridgehead atoms. The molecule has 0 aromatic heterocycles. The molecule has 1 aliphatic rings. The van der Waals surface area contributed by atoms with Gasteiger partial charge in [-0.25, -0.2) is 0 Å². The van der Waals surface area contributed by atoms with E-state index in [0.717, 1.165) is 0 Å². The van der Waals surface area contributed by atoms with Gasteiger partial charge in [0.1, 0.15) is 0 Å². The molecule has 2 aromatic rings. The lowest BCUT2D eigenvalue weighted by Gasteiger charge is -2.15. The molecule has 2 aromatic carbocycles. The molecule has 3 rings (SSSR count). The molecule has 1 aliphatic carbocycles. The van der Waals surface area contributed by atoms with Crippen LogP contribution >= 0.6 is 15.9 Å². The largest absolute Gasteiger partial charge is 0.0720 e. The fourth-order valence-corrected chi connectivity index (χ4v) is 3.00. The molecule has 18 heavy (non-hydrogen) atoms. The summed E-state index contributed by atoms with van der Waals surface area (Å²) in [5.41, 5.74) is 6.83. The minimum absolute atomic E-state index is 0.410. The van der Waals surface area contributed by atoms with Crippen LogP contribution in [0, 0.1) is 13.8 Å². The summed E-state index contributed by atoms with van der Waals surface area (Å²) in [6.07, 6.45) is 4.54. The van der Waals surface area contributed by atoms with Gasteiger partial charge in [-0.3, -0.25) is 0 Å². The van der Waals surface area contributed by atoms with E-state index in [4.69, 9.17) is 0 Å². The Bertz CT molecular complexity index is 638. The molecule has 1 atom stereocenters. The van der Waals surface area contributed by atoms with Crippen molar-refractivity contribution < 1.29 is 0 Å². The van der Waals surface area contributed by atoms with Crippen molar-refractivity contribution in [3.8, 4) is 0 Å². The highest BCUT2D eigenvalue weighted by atomic mass is 79.9. The van der Waals surface area contributed by atoms with Crippen molar-refractivity contribution in [3.05, 3.63) is 74.8 Å². The Morgan fingerprint density at radius 3 is 2.50 bits per heavy atom. The van der Waals surface area contributed by atoms with Crippen LogP contribution in [0.25, 0.3) is 6.08 Å². The molecule has 0 amide bonds. The number of allylic oxidation sites excluding steroid dienone is 1. The van der Waals surface area contributed by atoms with Gasteiger partial charge in [0.15, 0.2) is 0 Å². The van der Waals surface area contributed by atoms with Gasteiger partial charge >= 0.3 is 0 Å². The first kappa shape index (κ1) is 11.7. The second kappa shape index (κ2) is 4.40. The Morgan fingerprint density at radius 2 is 1.72 bits per heavy atom. The van der Waals surface area contributed by atoms with Crippen molar-refractivity contribution in [1.82, 2.24) is 0 Å². The summed E-state index contributed by atoms with van der Waals surface area (Å²) in [5, 5.41) is 0. The van der Waals surface area contributed by atoms with Gasteiger partial charge in [0.2, 0.25) is 0 Å². The van der Waals surface area contributed by atoms with Gasteiger partial charge in [0, 0.05) is 10.4 Å². The second-order valence-electron chi connectivity index (χ2n) is 4.92. The molecule has 90 valence electrons. The van der Waals surface area contributed by atoms with Crippen molar-refractivity contribution in [2.45, 2.75) is 19.8 Å². The highest BCUT2D eigenvalue weighted by Gasteiger charge is 2.21. The molecule has 0 fully saturated rings. The first-order valence-corrected chi connectivity index (χ1v) is 7.00. The third-order valence-electron chi connectivity index (χ3n) is 3.69. The van der Waals surface area contributed by atoms with Gasteiger partial charge in [0.25, 0.3) is 0 Å². The summed E-state index contributed by atoms with van der Waals surface area (Å²) >= 11 is 3.61. The maximum atomic E-state index is 3.61. The van der Waals surface area contributed by atoms with E-state index in [9.17, 15) is 0 Å². The lowest BCUT2D eigenvalue weighted by Crippen LogP contribution is -1.99. The summed E-state index contributed by atoms with van der Waals surface area (Å²) in [5.74, 6) is 0.410. The highest BCUT2D eigenvalue weighted by Crippen LogP contribution is 2.38. The third kappa shape index (κ3) is 1.83. The van der Waals surface area contributed by atoms with E-state index < -0.39 is 0 Å². The predicted molar refractivity (Wildman–Crippen MR) is 80.9 cm³/mol. The molecule has 0 radical (unpaired) electrons. The van der Waals surface area contributed by atoms with E-state index in [0.29, 0.717) is 5.92 Å². The van der Waals surface area contributed by atoms with E-state index in [1.165, 1.54) is 32.3 Å². The Hall–Kier alpha value is -1.34. The van der Waals surface area contributed by atoms with Gasteiger partial charge in [-0.1, -0.05) is 58.4 Å². The maximum absolute atomic E-state index is 3.61. The second-order valence-corrected chi connectivity index (χ2v) is 5.78. The lowest BCUT2D eigenvalue weighted by atomic mass is 9.89. The van der Waals surface area contributed by atoms with Gasteiger partial charge < -0.3 is 0 Å². The fourth-order valence-electron chi connectivity index (χ4n) is 2.64. The van der Waals surface area contributed by atoms with Crippen molar-refractivity contribution in [2.24, 2.45) is 0 Å². The van der Waals surface area contributed by atoms with E-state index in [1.807, 2.05) is 0 Å². The summed E-state index contributed by atoms with van der Waals surface area (Å²) in [7, 11) is 0. The number of fused-ring (bicyclic) bond motifs is 1. The molecule has 0 spiro atoms. The van der Waals surface area contributed by atoms with E-state index >= 15 is 0 Å². The van der Waals surface area contributed by atoms with Crippen LogP contribution in [-0.2, 0) is 0 Å². The molecule has 0 heterocycles. The number of rotatable bonds is 1. The molecule has 0 aliphatic heterocycles. The van der Waals surface area contributed by atoms with E-state index in [2.05, 4.69) is 78.3 Å². The quantitative estimate of drug-likeness (QED) is 0.677. The summed E-state index contributed by atoms with van der Waals surface area (Å²) < 4.78 is 1.19. The van der Waals surface area contributed by atoms with Gasteiger partial charge in [-0.2, -0.15) is 0 Å². The van der Waals surface area contributed by atoms with Crippen LogP contribution in [-0.4, -0.2) is 0 Å². The highest BCUT2D eigenvalue weighted by molar-refractivity contribution is 9.10. The fraction of sp³-hybridized carbons (Fsp3) is 0.176. The van der Waals surface area contributed by atoms with Crippen LogP contribution in [0.3, 0.4) is 0 Å². The number of halogens is 1. The molecule has 0 N–H and O–H groups in total. The molecule has 0 saturated heterocycles. The number of hydrogen-bond acceptors (Lipinski definition) is 0. The van der Waals surface area contributed by atoms with Crippen molar-refractivity contribution >= 4 is 22.0 Å². The zero-order valence-corrected chi connectivity index (χ0v) is 12.2. The lowest BCUT2D eigenvalue weighted by molar-refractivity contribution is 1.02. The molecular formula is C17H15Br. The molecule has 1 unspecified atom stereocenters. The topological polar surface area (TPSA) is 0 Å².